The summed E-state index contributed by atoms with van der Waals surface area (Å²) in [7, 11) is 1.32. The van der Waals surface area contributed by atoms with E-state index >= 15 is 0 Å². The number of carbonyl (C=O) groups is 1. The predicted octanol–water partition coefficient (Wildman–Crippen LogP) is 2.93. The molecule has 3 rings (SSSR count). The van der Waals surface area contributed by atoms with E-state index in [-0.39, 0.29) is 0 Å². The highest BCUT2D eigenvalue weighted by molar-refractivity contribution is 5.82. The van der Waals surface area contributed by atoms with E-state index in [1.807, 2.05) is 48.5 Å². The minimum Gasteiger partial charge on any atom is -0.466 e. The van der Waals surface area contributed by atoms with Crippen LogP contribution in [0.2, 0.25) is 0 Å². The molecule has 2 heterocycles. The number of aromatic nitrogens is 1. The Balaban J connectivity index is 1.92. The van der Waals surface area contributed by atoms with Gasteiger partial charge in [-0.2, -0.15) is 0 Å². The van der Waals surface area contributed by atoms with Crippen molar-refractivity contribution in [2.75, 3.05) is 7.11 Å². The van der Waals surface area contributed by atoms with Crippen LogP contribution in [0.4, 0.5) is 0 Å². The summed E-state index contributed by atoms with van der Waals surface area (Å²) in [6, 6.07) is 15.0. The van der Waals surface area contributed by atoms with E-state index in [2.05, 4.69) is 9.72 Å². The molecule has 1 aliphatic heterocycles. The van der Waals surface area contributed by atoms with Gasteiger partial charge in [0, 0.05) is 6.20 Å². The smallest absolute Gasteiger partial charge is 0.333 e. The van der Waals surface area contributed by atoms with Gasteiger partial charge in [-0.05, 0) is 17.7 Å². The Morgan fingerprint density at radius 2 is 1.95 bits per heavy atom. The molecule has 5 heteroatoms. The summed E-state index contributed by atoms with van der Waals surface area (Å²) in [6.45, 7) is 0. The lowest BCUT2D eigenvalue weighted by atomic mass is 10.1. The van der Waals surface area contributed by atoms with E-state index < -0.39 is 18.4 Å². The molecule has 0 spiro atoms. The number of ether oxygens (including phenoxy) is 3. The zero-order valence-electron chi connectivity index (χ0n) is 12.0. The molecule has 2 atom stereocenters. The Bertz CT molecular complexity index is 670. The zero-order chi connectivity index (χ0) is 15.4. The Labute approximate surface area is 128 Å². The highest BCUT2D eigenvalue weighted by atomic mass is 16.7. The number of hydrogen-bond donors (Lipinski definition) is 0. The molecule has 1 saturated heterocycles. The third-order valence-corrected chi connectivity index (χ3v) is 3.25. The molecule has 0 amide bonds. The first-order valence-electron chi connectivity index (χ1n) is 6.85. The van der Waals surface area contributed by atoms with Gasteiger partial charge in [0.25, 0.3) is 0 Å². The number of benzene rings is 1. The average molecular weight is 297 g/mol. The summed E-state index contributed by atoms with van der Waals surface area (Å²) in [6.07, 6.45) is 1.86. The van der Waals surface area contributed by atoms with E-state index in [0.29, 0.717) is 11.5 Å². The first kappa shape index (κ1) is 14.3. The first-order chi connectivity index (χ1) is 10.8. The second-order valence-electron chi connectivity index (χ2n) is 4.70. The summed E-state index contributed by atoms with van der Waals surface area (Å²) < 4.78 is 16.4. The van der Waals surface area contributed by atoms with Crippen LogP contribution < -0.4 is 0 Å². The molecule has 2 unspecified atom stereocenters. The number of nitrogens with zero attached hydrogens (tertiary/aromatic N) is 1. The molecule has 0 saturated carbocycles. The van der Waals surface area contributed by atoms with Gasteiger partial charge < -0.3 is 14.2 Å². The molecule has 0 radical (unpaired) electrons. The molecule has 0 bridgehead atoms. The number of rotatable bonds is 3. The lowest BCUT2D eigenvalue weighted by molar-refractivity contribution is -0.135. The van der Waals surface area contributed by atoms with Gasteiger partial charge in [0.2, 0.25) is 6.29 Å². The molecular formula is C17H15NO4. The lowest BCUT2D eigenvalue weighted by Gasteiger charge is -2.09. The molecular weight excluding hydrogens is 282 g/mol. The molecule has 22 heavy (non-hydrogen) atoms. The minimum absolute atomic E-state index is 0.411. The van der Waals surface area contributed by atoms with Gasteiger partial charge in [-0.25, -0.2) is 4.79 Å². The van der Waals surface area contributed by atoms with Crippen molar-refractivity contribution in [1.29, 1.82) is 0 Å². The lowest BCUT2D eigenvalue weighted by Crippen LogP contribution is -2.03. The van der Waals surface area contributed by atoms with Crippen LogP contribution in [-0.2, 0) is 19.0 Å². The number of methoxy groups -OCH3 is 1. The van der Waals surface area contributed by atoms with Gasteiger partial charge in [0.15, 0.2) is 0 Å². The summed E-state index contributed by atoms with van der Waals surface area (Å²) in [5.41, 5.74) is 1.55. The number of carbonyl (C=O) groups excluding carboxylic acids is 1. The van der Waals surface area contributed by atoms with Gasteiger partial charge in [0.1, 0.15) is 17.6 Å². The van der Waals surface area contributed by atoms with E-state index in [1.165, 1.54) is 13.2 Å². The molecule has 1 aromatic carbocycles. The quantitative estimate of drug-likeness (QED) is 0.644. The number of esters is 1. The summed E-state index contributed by atoms with van der Waals surface area (Å²) in [5.74, 6) is -0.0742. The van der Waals surface area contributed by atoms with Crippen molar-refractivity contribution in [2.24, 2.45) is 0 Å². The summed E-state index contributed by atoms with van der Waals surface area (Å²) in [5, 5.41) is 0. The topological polar surface area (TPSA) is 57.7 Å². The fourth-order valence-electron chi connectivity index (χ4n) is 2.20. The van der Waals surface area contributed by atoms with Gasteiger partial charge in [-0.1, -0.05) is 36.4 Å². The van der Waals surface area contributed by atoms with Crippen LogP contribution in [0.3, 0.4) is 0 Å². The van der Waals surface area contributed by atoms with Crippen LogP contribution in [0.15, 0.2) is 66.6 Å². The maximum absolute atomic E-state index is 11.5. The van der Waals surface area contributed by atoms with Crippen molar-refractivity contribution < 1.29 is 19.0 Å². The fourth-order valence-corrected chi connectivity index (χ4v) is 2.20. The highest BCUT2D eigenvalue weighted by Crippen LogP contribution is 2.41. The molecule has 5 nitrogen and oxygen atoms in total. The Kier molecular flexibility index (Phi) is 4.16. The Morgan fingerprint density at radius 1 is 1.18 bits per heavy atom. The van der Waals surface area contributed by atoms with Crippen LogP contribution in [0, 0.1) is 0 Å². The normalized spacial score (nSPS) is 22.3. The predicted molar refractivity (Wildman–Crippen MR) is 78.4 cm³/mol. The molecule has 1 aromatic heterocycles. The molecule has 0 N–H and O–H groups in total. The van der Waals surface area contributed by atoms with Gasteiger partial charge in [-0.15, -0.1) is 0 Å². The van der Waals surface area contributed by atoms with Crippen LogP contribution in [0.5, 0.6) is 0 Å². The number of pyridine rings is 1. The monoisotopic (exact) mass is 297 g/mol. The maximum atomic E-state index is 11.5. The Hall–Kier alpha value is -2.66. The molecule has 0 aliphatic carbocycles. The van der Waals surface area contributed by atoms with Crippen molar-refractivity contribution in [3.63, 3.8) is 0 Å². The van der Waals surface area contributed by atoms with Crippen LogP contribution in [-0.4, -0.2) is 18.1 Å². The highest BCUT2D eigenvalue weighted by Gasteiger charge is 2.35. The van der Waals surface area contributed by atoms with E-state index in [0.717, 1.165) is 5.56 Å². The van der Waals surface area contributed by atoms with Crippen LogP contribution in [0.1, 0.15) is 23.7 Å². The summed E-state index contributed by atoms with van der Waals surface area (Å²) >= 11 is 0. The van der Waals surface area contributed by atoms with Gasteiger partial charge in [0.05, 0.1) is 13.2 Å². The van der Waals surface area contributed by atoms with E-state index in [1.54, 1.807) is 6.20 Å². The second kappa shape index (κ2) is 6.41. The average Bonchev–Trinajstić information content (AvgIpc) is 3.00. The largest absolute Gasteiger partial charge is 0.466 e. The number of hydrogen-bond acceptors (Lipinski definition) is 5. The van der Waals surface area contributed by atoms with Crippen molar-refractivity contribution in [2.45, 2.75) is 12.4 Å². The van der Waals surface area contributed by atoms with Crippen LogP contribution in [0.25, 0.3) is 0 Å². The van der Waals surface area contributed by atoms with Gasteiger partial charge >= 0.3 is 5.97 Å². The third kappa shape index (κ3) is 2.99. The Morgan fingerprint density at radius 3 is 2.64 bits per heavy atom. The van der Waals surface area contributed by atoms with Gasteiger partial charge in [-0.3, -0.25) is 4.98 Å². The second-order valence-corrected chi connectivity index (χ2v) is 4.70. The van der Waals surface area contributed by atoms with E-state index in [9.17, 15) is 4.79 Å². The SMILES string of the molecule is COC(=O)/C=C1\OC(c2ccccn2)OC1c1ccccc1. The summed E-state index contributed by atoms with van der Waals surface area (Å²) in [4.78, 5) is 15.8. The standard InChI is InChI=1S/C17H15NO4/c1-20-15(19)11-14-16(12-7-3-2-4-8-12)22-17(21-14)13-9-5-6-10-18-13/h2-11,16-17H,1H3/b14-11-. The minimum atomic E-state index is -0.651. The zero-order valence-corrected chi connectivity index (χ0v) is 12.0. The van der Waals surface area contributed by atoms with Crippen LogP contribution >= 0.6 is 0 Å². The molecule has 112 valence electrons. The fraction of sp³-hybridized carbons (Fsp3) is 0.176. The first-order valence-corrected chi connectivity index (χ1v) is 6.85. The van der Waals surface area contributed by atoms with Crippen molar-refractivity contribution in [3.05, 3.63) is 77.8 Å². The van der Waals surface area contributed by atoms with Crippen molar-refractivity contribution in [3.8, 4) is 0 Å². The molecule has 2 aromatic rings. The molecule has 1 aliphatic rings. The maximum Gasteiger partial charge on any atom is 0.333 e. The van der Waals surface area contributed by atoms with Crippen molar-refractivity contribution >= 4 is 5.97 Å². The molecule has 1 fully saturated rings. The third-order valence-electron chi connectivity index (χ3n) is 3.25. The van der Waals surface area contributed by atoms with Crippen molar-refractivity contribution in [1.82, 2.24) is 4.98 Å². The van der Waals surface area contributed by atoms with E-state index in [4.69, 9.17) is 9.47 Å².